The number of carbonyl (C=O) groups excluding carboxylic acids is 1. The van der Waals surface area contributed by atoms with Gasteiger partial charge in [0, 0.05) is 31.7 Å². The van der Waals surface area contributed by atoms with Crippen molar-refractivity contribution < 1.29 is 9.53 Å². The van der Waals surface area contributed by atoms with Gasteiger partial charge in [-0.15, -0.1) is 0 Å². The highest BCUT2D eigenvalue weighted by molar-refractivity contribution is 5.76. The van der Waals surface area contributed by atoms with Crippen LogP contribution in [0.5, 0.6) is 0 Å². The minimum atomic E-state index is 0.0901. The van der Waals surface area contributed by atoms with Crippen molar-refractivity contribution in [1.82, 2.24) is 10.6 Å². The van der Waals surface area contributed by atoms with Crippen LogP contribution in [0.2, 0.25) is 0 Å². The maximum absolute atomic E-state index is 11.5. The summed E-state index contributed by atoms with van der Waals surface area (Å²) >= 11 is 0. The molecule has 0 aromatic carbocycles. The Labute approximate surface area is 99.1 Å². The molecule has 0 fully saturated rings. The highest BCUT2D eigenvalue weighted by Crippen LogP contribution is 2.00. The van der Waals surface area contributed by atoms with Gasteiger partial charge in [-0.25, -0.2) is 0 Å². The molecule has 0 aliphatic rings. The third kappa shape index (κ3) is 6.80. The van der Waals surface area contributed by atoms with Crippen molar-refractivity contribution in [2.75, 3.05) is 7.11 Å². The quantitative estimate of drug-likeness (QED) is 0.693. The summed E-state index contributed by atoms with van der Waals surface area (Å²) in [5, 5.41) is 6.23. The number of rotatable bonds is 7. The van der Waals surface area contributed by atoms with Gasteiger partial charge in [-0.05, 0) is 34.6 Å². The average molecular weight is 230 g/mol. The van der Waals surface area contributed by atoms with Crippen LogP contribution in [-0.4, -0.2) is 37.2 Å². The summed E-state index contributed by atoms with van der Waals surface area (Å²) < 4.78 is 5.22. The Morgan fingerprint density at radius 2 is 1.75 bits per heavy atom. The third-order valence-corrected chi connectivity index (χ3v) is 2.56. The lowest BCUT2D eigenvalue weighted by Gasteiger charge is -2.24. The highest BCUT2D eigenvalue weighted by atomic mass is 16.5. The summed E-state index contributed by atoms with van der Waals surface area (Å²) in [6.45, 7) is 10.0. The van der Waals surface area contributed by atoms with Crippen LogP contribution in [0.4, 0.5) is 0 Å². The van der Waals surface area contributed by atoms with Gasteiger partial charge in [-0.1, -0.05) is 0 Å². The van der Waals surface area contributed by atoms with Gasteiger partial charge in [-0.2, -0.15) is 0 Å². The molecule has 2 N–H and O–H groups in total. The Hall–Kier alpha value is -0.610. The van der Waals surface area contributed by atoms with Gasteiger partial charge >= 0.3 is 0 Å². The molecule has 4 nitrogen and oxygen atoms in total. The molecule has 0 rings (SSSR count). The Morgan fingerprint density at radius 3 is 2.19 bits per heavy atom. The van der Waals surface area contributed by atoms with Crippen LogP contribution in [0.1, 0.15) is 41.0 Å². The van der Waals surface area contributed by atoms with E-state index in [-0.39, 0.29) is 30.1 Å². The van der Waals surface area contributed by atoms with Crippen LogP contribution < -0.4 is 10.6 Å². The monoisotopic (exact) mass is 230 g/mol. The summed E-state index contributed by atoms with van der Waals surface area (Å²) in [6.07, 6.45) is 0.648. The first kappa shape index (κ1) is 15.4. The summed E-state index contributed by atoms with van der Waals surface area (Å²) in [4.78, 5) is 11.5. The van der Waals surface area contributed by atoms with Crippen LogP contribution in [0, 0.1) is 0 Å². The molecule has 0 aromatic rings. The zero-order valence-corrected chi connectivity index (χ0v) is 11.3. The van der Waals surface area contributed by atoms with Gasteiger partial charge in [0.15, 0.2) is 0 Å². The summed E-state index contributed by atoms with van der Waals surface area (Å²) in [5.41, 5.74) is 0. The fraction of sp³-hybridized carbons (Fsp3) is 0.917. The predicted molar refractivity (Wildman–Crippen MR) is 66.4 cm³/mol. The van der Waals surface area contributed by atoms with Gasteiger partial charge in [0.2, 0.25) is 5.91 Å². The van der Waals surface area contributed by atoms with Gasteiger partial charge in [0.1, 0.15) is 0 Å². The van der Waals surface area contributed by atoms with Crippen molar-refractivity contribution in [2.45, 2.75) is 65.3 Å². The lowest BCUT2D eigenvalue weighted by Crippen LogP contribution is -2.44. The van der Waals surface area contributed by atoms with Gasteiger partial charge in [0.05, 0.1) is 6.10 Å². The van der Waals surface area contributed by atoms with E-state index in [2.05, 4.69) is 17.6 Å². The van der Waals surface area contributed by atoms with E-state index in [0.29, 0.717) is 6.42 Å². The normalized spacial score (nSPS) is 16.9. The van der Waals surface area contributed by atoms with Crippen LogP contribution in [0.3, 0.4) is 0 Å². The fourth-order valence-corrected chi connectivity index (χ4v) is 1.51. The zero-order chi connectivity index (χ0) is 12.7. The highest BCUT2D eigenvalue weighted by Gasteiger charge is 2.16. The molecule has 96 valence electrons. The Bertz CT molecular complexity index is 207. The number of hydrogen-bond donors (Lipinski definition) is 2. The molecule has 0 aromatic heterocycles. The first-order valence-corrected chi connectivity index (χ1v) is 5.95. The van der Waals surface area contributed by atoms with E-state index in [4.69, 9.17) is 4.74 Å². The number of hydrogen-bond acceptors (Lipinski definition) is 3. The van der Waals surface area contributed by atoms with Crippen molar-refractivity contribution in [3.05, 3.63) is 0 Å². The van der Waals surface area contributed by atoms with Gasteiger partial charge in [0.25, 0.3) is 0 Å². The summed E-state index contributed by atoms with van der Waals surface area (Å²) in [7, 11) is 1.69. The fourth-order valence-electron chi connectivity index (χ4n) is 1.51. The van der Waals surface area contributed by atoms with Crippen LogP contribution in [-0.2, 0) is 9.53 Å². The first-order chi connectivity index (χ1) is 7.36. The lowest BCUT2D eigenvalue weighted by molar-refractivity contribution is -0.122. The maximum atomic E-state index is 11.5. The molecule has 0 spiro atoms. The number of methoxy groups -OCH3 is 1. The van der Waals surface area contributed by atoms with E-state index in [0.717, 1.165) is 0 Å². The van der Waals surface area contributed by atoms with Crippen molar-refractivity contribution >= 4 is 5.91 Å². The second-order valence-electron chi connectivity index (χ2n) is 4.72. The molecular formula is C12H26N2O2. The van der Waals surface area contributed by atoms with Crippen molar-refractivity contribution in [3.63, 3.8) is 0 Å². The molecule has 1 amide bonds. The molecule has 0 aliphatic carbocycles. The minimum Gasteiger partial charge on any atom is -0.380 e. The minimum absolute atomic E-state index is 0.0901. The SMILES string of the molecule is COC(C)C(C)NC(C)CC(=O)NC(C)C. The van der Waals surface area contributed by atoms with E-state index < -0.39 is 0 Å². The van der Waals surface area contributed by atoms with E-state index >= 15 is 0 Å². The Kier molecular flexibility index (Phi) is 7.34. The lowest BCUT2D eigenvalue weighted by atomic mass is 10.1. The summed E-state index contributed by atoms with van der Waals surface area (Å²) in [6, 6.07) is 0.605. The van der Waals surface area contributed by atoms with Crippen LogP contribution in [0.25, 0.3) is 0 Å². The standard InChI is InChI=1S/C12H26N2O2/c1-8(2)13-12(15)7-9(3)14-10(4)11(5)16-6/h8-11,14H,7H2,1-6H3,(H,13,15). The third-order valence-electron chi connectivity index (χ3n) is 2.56. The van der Waals surface area contributed by atoms with E-state index in [1.807, 2.05) is 27.7 Å². The number of carbonyl (C=O) groups is 1. The molecule has 3 unspecified atom stereocenters. The van der Waals surface area contributed by atoms with Crippen LogP contribution in [0.15, 0.2) is 0 Å². The molecular weight excluding hydrogens is 204 g/mol. The van der Waals surface area contributed by atoms with Crippen molar-refractivity contribution in [1.29, 1.82) is 0 Å². The number of nitrogens with one attached hydrogen (secondary N) is 2. The molecule has 0 saturated carbocycles. The molecule has 0 radical (unpaired) electrons. The van der Waals surface area contributed by atoms with Crippen molar-refractivity contribution in [2.24, 2.45) is 0 Å². The second kappa shape index (κ2) is 7.63. The Morgan fingerprint density at radius 1 is 1.19 bits per heavy atom. The van der Waals surface area contributed by atoms with E-state index in [1.54, 1.807) is 7.11 Å². The number of amides is 1. The largest absolute Gasteiger partial charge is 0.380 e. The average Bonchev–Trinajstić information content (AvgIpc) is 2.14. The topological polar surface area (TPSA) is 50.4 Å². The first-order valence-electron chi connectivity index (χ1n) is 5.95. The molecule has 0 aliphatic heterocycles. The Balaban J connectivity index is 3.89. The summed E-state index contributed by atoms with van der Waals surface area (Å²) in [5.74, 6) is 0.0901. The molecule has 0 heterocycles. The predicted octanol–water partition coefficient (Wildman–Crippen LogP) is 1.30. The van der Waals surface area contributed by atoms with Crippen LogP contribution >= 0.6 is 0 Å². The molecule has 3 atom stereocenters. The molecule has 16 heavy (non-hydrogen) atoms. The van der Waals surface area contributed by atoms with Crippen molar-refractivity contribution in [3.8, 4) is 0 Å². The second-order valence-corrected chi connectivity index (χ2v) is 4.72. The molecule has 0 saturated heterocycles. The van der Waals surface area contributed by atoms with Gasteiger partial charge < -0.3 is 15.4 Å². The molecule has 0 bridgehead atoms. The zero-order valence-electron chi connectivity index (χ0n) is 11.3. The van der Waals surface area contributed by atoms with Gasteiger partial charge in [-0.3, -0.25) is 4.79 Å². The van der Waals surface area contributed by atoms with E-state index in [9.17, 15) is 4.79 Å². The number of ether oxygens (including phenoxy) is 1. The maximum Gasteiger partial charge on any atom is 0.221 e. The van der Waals surface area contributed by atoms with E-state index in [1.165, 1.54) is 0 Å². The molecule has 4 heteroatoms. The smallest absolute Gasteiger partial charge is 0.221 e.